The molecule has 0 fully saturated rings. The molecule has 0 spiro atoms. The van der Waals surface area contributed by atoms with Crippen LogP contribution in [0, 0.1) is 0 Å². The Balaban J connectivity index is 1.97. The Kier molecular flexibility index (Phi) is 5.25. The largest absolute Gasteiger partial charge is 0.493 e. The number of methoxy groups -OCH3 is 2. The van der Waals surface area contributed by atoms with E-state index >= 15 is 0 Å². The van der Waals surface area contributed by atoms with Gasteiger partial charge in [0.1, 0.15) is 11.4 Å². The van der Waals surface area contributed by atoms with Gasteiger partial charge >= 0.3 is 5.97 Å². The molecule has 2 amide bonds. The summed E-state index contributed by atoms with van der Waals surface area (Å²) in [5.74, 6) is -1.54. The maximum Gasteiger partial charge on any atom is 0.339 e. The van der Waals surface area contributed by atoms with Crippen molar-refractivity contribution in [3.05, 3.63) is 53.2 Å². The number of benzene rings is 1. The molecule has 0 unspecified atom stereocenters. The van der Waals surface area contributed by atoms with Crippen LogP contribution >= 0.6 is 0 Å². The molecule has 28 heavy (non-hydrogen) atoms. The normalized spacial score (nSPS) is 14.1. The van der Waals surface area contributed by atoms with E-state index in [1.54, 1.807) is 12.1 Å². The minimum absolute atomic E-state index is 0.111. The monoisotopic (exact) mass is 383 g/mol. The Bertz CT molecular complexity index is 999. The number of ether oxygens (including phenoxy) is 2. The van der Waals surface area contributed by atoms with Gasteiger partial charge in [0, 0.05) is 18.8 Å². The van der Waals surface area contributed by atoms with E-state index in [1.165, 1.54) is 32.5 Å². The minimum Gasteiger partial charge on any atom is -0.493 e. The van der Waals surface area contributed by atoms with Crippen molar-refractivity contribution in [2.75, 3.05) is 19.5 Å². The highest BCUT2D eigenvalue weighted by Gasteiger charge is 2.25. The van der Waals surface area contributed by atoms with Crippen LogP contribution < -0.4 is 20.1 Å². The van der Waals surface area contributed by atoms with Crippen LogP contribution in [0.1, 0.15) is 21.5 Å². The Labute approximate surface area is 160 Å². The SMILES string of the molecule is COc1cc2c(cc1OC)/C(=C/C(=O)Nc1ncccc1C(=O)O)C(=O)NC2. The van der Waals surface area contributed by atoms with Gasteiger partial charge in [-0.15, -0.1) is 0 Å². The molecule has 0 saturated carbocycles. The molecular formula is C19H17N3O6. The predicted molar refractivity (Wildman–Crippen MR) is 99.2 cm³/mol. The van der Waals surface area contributed by atoms with Crippen molar-refractivity contribution in [2.24, 2.45) is 0 Å². The molecule has 0 saturated heterocycles. The van der Waals surface area contributed by atoms with Crippen LogP contribution in [-0.4, -0.2) is 42.1 Å². The lowest BCUT2D eigenvalue weighted by Crippen LogP contribution is -2.30. The number of carboxylic acids is 1. The highest BCUT2D eigenvalue weighted by molar-refractivity contribution is 6.26. The average molecular weight is 383 g/mol. The number of hydrogen-bond donors (Lipinski definition) is 3. The molecule has 9 nitrogen and oxygen atoms in total. The summed E-state index contributed by atoms with van der Waals surface area (Å²) in [6.45, 7) is 0.275. The number of aromatic carboxylic acids is 1. The van der Waals surface area contributed by atoms with Crippen molar-refractivity contribution in [1.29, 1.82) is 0 Å². The second-order valence-corrected chi connectivity index (χ2v) is 5.80. The van der Waals surface area contributed by atoms with Crippen LogP contribution in [0.2, 0.25) is 0 Å². The van der Waals surface area contributed by atoms with E-state index in [9.17, 15) is 19.5 Å². The van der Waals surface area contributed by atoms with E-state index in [0.29, 0.717) is 17.1 Å². The van der Waals surface area contributed by atoms with E-state index in [1.807, 2.05) is 0 Å². The lowest BCUT2D eigenvalue weighted by atomic mass is 9.94. The third-order valence-electron chi connectivity index (χ3n) is 4.14. The molecule has 9 heteroatoms. The fourth-order valence-corrected chi connectivity index (χ4v) is 2.82. The second-order valence-electron chi connectivity index (χ2n) is 5.80. The number of amides is 2. The minimum atomic E-state index is -1.23. The van der Waals surface area contributed by atoms with Crippen molar-refractivity contribution in [2.45, 2.75) is 6.54 Å². The van der Waals surface area contributed by atoms with Crippen molar-refractivity contribution in [1.82, 2.24) is 10.3 Å². The van der Waals surface area contributed by atoms with Gasteiger partial charge in [0.25, 0.3) is 5.91 Å². The number of nitrogens with one attached hydrogen (secondary N) is 2. The second kappa shape index (κ2) is 7.78. The van der Waals surface area contributed by atoms with Gasteiger partial charge in [0.15, 0.2) is 11.5 Å². The standard InChI is InChI=1S/C19H17N3O6/c1-27-14-6-10-9-21-18(24)13(12(10)7-15(14)28-2)8-16(23)22-17-11(19(25)26)4-3-5-20-17/h3-8H,9H2,1-2H3,(H,21,24)(H,25,26)(H,20,22,23)/b13-8-. The number of carbonyl (C=O) groups is 3. The maximum atomic E-state index is 12.4. The maximum absolute atomic E-state index is 12.4. The van der Waals surface area contributed by atoms with Gasteiger partial charge in [-0.2, -0.15) is 0 Å². The van der Waals surface area contributed by atoms with Gasteiger partial charge in [-0.3, -0.25) is 9.59 Å². The molecule has 1 aromatic carbocycles. The molecular weight excluding hydrogens is 366 g/mol. The lowest BCUT2D eigenvalue weighted by Gasteiger charge is -2.21. The van der Waals surface area contributed by atoms with E-state index in [4.69, 9.17) is 9.47 Å². The first-order chi connectivity index (χ1) is 13.4. The van der Waals surface area contributed by atoms with Gasteiger partial charge in [-0.05, 0) is 35.4 Å². The summed E-state index contributed by atoms with van der Waals surface area (Å²) in [6, 6.07) is 6.11. The van der Waals surface area contributed by atoms with Crippen LogP contribution in [0.3, 0.4) is 0 Å². The Morgan fingerprint density at radius 2 is 1.96 bits per heavy atom. The topological polar surface area (TPSA) is 127 Å². The van der Waals surface area contributed by atoms with Gasteiger partial charge in [0.2, 0.25) is 5.91 Å². The fourth-order valence-electron chi connectivity index (χ4n) is 2.82. The first kappa shape index (κ1) is 18.9. The number of hydrogen-bond acceptors (Lipinski definition) is 6. The number of carbonyl (C=O) groups excluding carboxylic acids is 2. The van der Waals surface area contributed by atoms with Crippen molar-refractivity contribution in [3.63, 3.8) is 0 Å². The number of aromatic nitrogens is 1. The third-order valence-corrected chi connectivity index (χ3v) is 4.14. The summed E-state index contributed by atoms with van der Waals surface area (Å²) in [5, 5.41) is 14.3. The highest BCUT2D eigenvalue weighted by atomic mass is 16.5. The molecule has 144 valence electrons. The summed E-state index contributed by atoms with van der Waals surface area (Å²) < 4.78 is 10.5. The molecule has 0 radical (unpaired) electrons. The first-order valence-corrected chi connectivity index (χ1v) is 8.19. The molecule has 3 N–H and O–H groups in total. The molecule has 1 aromatic heterocycles. The van der Waals surface area contributed by atoms with Gasteiger partial charge < -0.3 is 25.2 Å². The van der Waals surface area contributed by atoms with Crippen molar-refractivity contribution >= 4 is 29.2 Å². The lowest BCUT2D eigenvalue weighted by molar-refractivity contribution is -0.116. The molecule has 0 atom stereocenters. The number of nitrogens with zero attached hydrogens (tertiary/aromatic N) is 1. The van der Waals surface area contributed by atoms with Gasteiger partial charge in [0.05, 0.1) is 19.8 Å². The van der Waals surface area contributed by atoms with E-state index < -0.39 is 17.8 Å². The van der Waals surface area contributed by atoms with E-state index in [-0.39, 0.29) is 23.5 Å². The van der Waals surface area contributed by atoms with Crippen LogP contribution in [0.25, 0.3) is 5.57 Å². The summed E-state index contributed by atoms with van der Waals surface area (Å²) in [4.78, 5) is 39.9. The van der Waals surface area contributed by atoms with Crippen LogP contribution in [0.15, 0.2) is 36.5 Å². The fraction of sp³-hybridized carbons (Fsp3) is 0.158. The van der Waals surface area contributed by atoms with E-state index in [2.05, 4.69) is 15.6 Å². The number of anilines is 1. The average Bonchev–Trinajstić information content (AvgIpc) is 2.69. The smallest absolute Gasteiger partial charge is 0.339 e. The molecule has 1 aliphatic heterocycles. The summed E-state index contributed by atoms with van der Waals surface area (Å²) in [7, 11) is 2.97. The van der Waals surface area contributed by atoms with Crippen molar-refractivity contribution in [3.8, 4) is 11.5 Å². The van der Waals surface area contributed by atoms with Crippen LogP contribution in [-0.2, 0) is 16.1 Å². The number of fused-ring (bicyclic) bond motifs is 1. The summed E-state index contributed by atoms with van der Waals surface area (Å²) in [6.07, 6.45) is 2.45. The van der Waals surface area contributed by atoms with Crippen molar-refractivity contribution < 1.29 is 29.0 Å². The van der Waals surface area contributed by atoms with Gasteiger partial charge in [-0.1, -0.05) is 0 Å². The van der Waals surface area contributed by atoms with Crippen LogP contribution in [0.5, 0.6) is 11.5 Å². The Hall–Kier alpha value is -3.88. The molecule has 0 bridgehead atoms. The number of carboxylic acid groups (broad SMARTS) is 1. The van der Waals surface area contributed by atoms with Gasteiger partial charge in [-0.25, -0.2) is 9.78 Å². The molecule has 2 aromatic rings. The number of pyridine rings is 1. The zero-order valence-corrected chi connectivity index (χ0v) is 15.1. The molecule has 2 heterocycles. The quantitative estimate of drug-likeness (QED) is 0.667. The Morgan fingerprint density at radius 3 is 2.64 bits per heavy atom. The van der Waals surface area contributed by atoms with Crippen LogP contribution in [0.4, 0.5) is 5.82 Å². The number of rotatable bonds is 5. The molecule has 0 aliphatic carbocycles. The Morgan fingerprint density at radius 1 is 1.25 bits per heavy atom. The molecule has 3 rings (SSSR count). The summed E-state index contributed by atoms with van der Waals surface area (Å²) >= 11 is 0. The first-order valence-electron chi connectivity index (χ1n) is 8.19. The van der Waals surface area contributed by atoms with E-state index in [0.717, 1.165) is 11.6 Å². The predicted octanol–water partition coefficient (Wildman–Crippen LogP) is 1.45. The summed E-state index contributed by atoms with van der Waals surface area (Å²) in [5.41, 5.74) is 1.23. The zero-order chi connectivity index (χ0) is 20.3. The third kappa shape index (κ3) is 3.63. The zero-order valence-electron chi connectivity index (χ0n) is 15.1. The molecule has 1 aliphatic rings. The highest BCUT2D eigenvalue weighted by Crippen LogP contribution is 2.35.